The van der Waals surface area contributed by atoms with Crippen molar-refractivity contribution in [2.75, 3.05) is 19.0 Å². The van der Waals surface area contributed by atoms with Gasteiger partial charge in [0.15, 0.2) is 5.69 Å². The molecule has 10 nitrogen and oxygen atoms in total. The van der Waals surface area contributed by atoms with Crippen LogP contribution in [0.3, 0.4) is 0 Å². The zero-order valence-corrected chi connectivity index (χ0v) is 21.8. The molecule has 2 unspecified atom stereocenters. The molecule has 0 bridgehead atoms. The van der Waals surface area contributed by atoms with Crippen molar-refractivity contribution < 1.29 is 19.0 Å². The summed E-state index contributed by atoms with van der Waals surface area (Å²) in [7, 11) is 3.03. The summed E-state index contributed by atoms with van der Waals surface area (Å²) in [6.45, 7) is 2.71. The molecule has 194 valence electrons. The third kappa shape index (κ3) is 5.55. The Kier molecular flexibility index (Phi) is 8.00. The maximum absolute atomic E-state index is 14.4. The molecule has 0 saturated heterocycles. The number of hydrogen-bond donors (Lipinski definition) is 2. The zero-order valence-electron chi connectivity index (χ0n) is 20.2. The van der Waals surface area contributed by atoms with Gasteiger partial charge in [-0.1, -0.05) is 18.5 Å². The van der Waals surface area contributed by atoms with Crippen LogP contribution >= 0.6 is 23.1 Å². The smallest absolute Gasteiger partial charge is 0.296 e. The van der Waals surface area contributed by atoms with Crippen molar-refractivity contribution in [3.63, 3.8) is 0 Å². The fourth-order valence-corrected chi connectivity index (χ4v) is 4.82. The van der Waals surface area contributed by atoms with E-state index >= 15 is 0 Å². The predicted molar refractivity (Wildman–Crippen MR) is 137 cm³/mol. The lowest BCUT2D eigenvalue weighted by molar-refractivity contribution is 0.101. The first-order valence-corrected chi connectivity index (χ1v) is 12.4. The summed E-state index contributed by atoms with van der Waals surface area (Å²) >= 11 is 7.64. The molecule has 0 fully saturated rings. The lowest BCUT2D eigenvalue weighted by atomic mass is 9.82. The predicted octanol–water partition coefficient (Wildman–Crippen LogP) is 3.77. The number of carbonyl (C=O) groups excluding carboxylic acids is 1. The third-order valence-corrected chi connectivity index (χ3v) is 6.87. The number of aromatic nitrogens is 5. The quantitative estimate of drug-likeness (QED) is 0.327. The summed E-state index contributed by atoms with van der Waals surface area (Å²) in [6, 6.07) is 4.04. The molecule has 1 aromatic carbocycles. The van der Waals surface area contributed by atoms with Gasteiger partial charge < -0.3 is 15.2 Å². The average molecular weight is 547 g/mol. The van der Waals surface area contributed by atoms with Crippen molar-refractivity contribution in [2.24, 2.45) is 7.05 Å². The minimum atomic E-state index is -0.801. The maximum atomic E-state index is 14.4. The van der Waals surface area contributed by atoms with Gasteiger partial charge in [-0.3, -0.25) is 18.8 Å². The highest BCUT2D eigenvalue weighted by atomic mass is 35.5. The molecule has 2 atom stereocenters. The molecule has 0 aliphatic heterocycles. The number of ether oxygens (including phenoxy) is 1. The van der Waals surface area contributed by atoms with Gasteiger partial charge in [0, 0.05) is 42.6 Å². The summed E-state index contributed by atoms with van der Waals surface area (Å²) < 4.78 is 26.2. The number of halogens is 2. The van der Waals surface area contributed by atoms with Crippen LogP contribution in [0.2, 0.25) is 5.02 Å². The van der Waals surface area contributed by atoms with Crippen molar-refractivity contribution in [3.8, 4) is 5.75 Å². The van der Waals surface area contributed by atoms with Crippen LogP contribution in [0.25, 0.3) is 0 Å². The summed E-state index contributed by atoms with van der Waals surface area (Å²) in [5.41, 5.74) is 0.313. The standard InChI is InChI=1S/C24H24ClFN6O4S/c1-13(22-30-20(21(33)24(35)31(22)2)23(34)29-16-10-28-37-12-16)19(17-8-15(26)4-5-18(17)25)14-9-27-32(11-14)6-7-36-3/h4-5,8-13,19,33H,6-7H2,1-3H3,(H,29,34). The van der Waals surface area contributed by atoms with E-state index in [2.05, 4.69) is 19.8 Å². The number of carbonyl (C=O) groups is 1. The van der Waals surface area contributed by atoms with E-state index in [1.807, 2.05) is 0 Å². The minimum Gasteiger partial charge on any atom is -0.501 e. The van der Waals surface area contributed by atoms with Gasteiger partial charge >= 0.3 is 0 Å². The molecule has 2 N–H and O–H groups in total. The summed E-state index contributed by atoms with van der Waals surface area (Å²) in [4.78, 5) is 30.2. The summed E-state index contributed by atoms with van der Waals surface area (Å²) in [5.74, 6) is -3.05. The van der Waals surface area contributed by atoms with Crippen molar-refractivity contribution in [1.82, 2.24) is 23.7 Å². The van der Waals surface area contributed by atoms with Gasteiger partial charge in [-0.15, -0.1) is 0 Å². The number of amides is 1. The second-order valence-electron chi connectivity index (χ2n) is 8.36. The van der Waals surface area contributed by atoms with Gasteiger partial charge in [0.2, 0.25) is 5.75 Å². The Morgan fingerprint density at radius 3 is 2.84 bits per heavy atom. The van der Waals surface area contributed by atoms with Crippen molar-refractivity contribution in [1.29, 1.82) is 0 Å². The van der Waals surface area contributed by atoms with E-state index in [9.17, 15) is 19.1 Å². The van der Waals surface area contributed by atoms with E-state index in [0.29, 0.717) is 35.0 Å². The molecule has 3 aromatic heterocycles. The van der Waals surface area contributed by atoms with Gasteiger partial charge in [0.1, 0.15) is 11.6 Å². The first kappa shape index (κ1) is 26.5. The molecule has 0 saturated carbocycles. The van der Waals surface area contributed by atoms with Gasteiger partial charge in [-0.2, -0.15) is 9.47 Å². The first-order valence-electron chi connectivity index (χ1n) is 11.2. The maximum Gasteiger partial charge on any atom is 0.296 e. The number of hydrogen-bond acceptors (Lipinski definition) is 8. The molecule has 0 aliphatic carbocycles. The molecule has 3 heterocycles. The third-order valence-electron chi connectivity index (χ3n) is 5.94. The molecule has 37 heavy (non-hydrogen) atoms. The monoisotopic (exact) mass is 546 g/mol. The van der Waals surface area contributed by atoms with Crippen LogP contribution in [0.4, 0.5) is 10.1 Å². The lowest BCUT2D eigenvalue weighted by Gasteiger charge is -2.26. The molecule has 0 radical (unpaired) electrons. The zero-order chi connectivity index (χ0) is 26.7. The number of rotatable bonds is 9. The fraction of sp³-hybridized carbons (Fsp3) is 0.292. The normalized spacial score (nSPS) is 12.9. The fourth-order valence-electron chi connectivity index (χ4n) is 4.12. The molecule has 4 rings (SSSR count). The van der Waals surface area contributed by atoms with Crippen molar-refractivity contribution in [3.05, 3.63) is 86.0 Å². The number of methoxy groups -OCH3 is 1. The molecule has 13 heteroatoms. The van der Waals surface area contributed by atoms with Crippen LogP contribution in [-0.4, -0.2) is 48.4 Å². The second kappa shape index (κ2) is 11.2. The Bertz CT molecular complexity index is 1470. The Morgan fingerprint density at radius 1 is 1.35 bits per heavy atom. The number of benzene rings is 1. The topological polar surface area (TPSA) is 124 Å². The van der Waals surface area contributed by atoms with Gasteiger partial charge in [-0.25, -0.2) is 9.37 Å². The van der Waals surface area contributed by atoms with Crippen LogP contribution < -0.4 is 10.9 Å². The lowest BCUT2D eigenvalue weighted by Crippen LogP contribution is -2.29. The van der Waals surface area contributed by atoms with Crippen LogP contribution in [0.1, 0.15) is 46.2 Å². The van der Waals surface area contributed by atoms with Crippen molar-refractivity contribution >= 4 is 34.7 Å². The number of aromatic hydroxyl groups is 1. The molecule has 4 aromatic rings. The SMILES string of the molecule is COCCn1cc(C(c2cc(F)ccc2Cl)C(C)c2nc(C(=O)Nc3cnsc3)c(O)c(=O)n2C)cn1. The van der Waals surface area contributed by atoms with Gasteiger partial charge in [0.05, 0.1) is 31.2 Å². The van der Waals surface area contributed by atoms with Crippen molar-refractivity contribution in [2.45, 2.75) is 25.3 Å². The Labute approximate surface area is 220 Å². The van der Waals surface area contributed by atoms with E-state index in [1.54, 1.807) is 36.5 Å². The summed E-state index contributed by atoms with van der Waals surface area (Å²) in [6.07, 6.45) is 4.86. The Balaban J connectivity index is 1.82. The Morgan fingerprint density at radius 2 is 2.14 bits per heavy atom. The van der Waals surface area contributed by atoms with E-state index < -0.39 is 40.6 Å². The van der Waals surface area contributed by atoms with Crippen LogP contribution in [-0.2, 0) is 18.3 Å². The van der Waals surface area contributed by atoms with Crippen LogP contribution in [0.5, 0.6) is 5.75 Å². The molecular weight excluding hydrogens is 523 g/mol. The van der Waals surface area contributed by atoms with E-state index in [1.165, 1.54) is 36.0 Å². The average Bonchev–Trinajstić information content (AvgIpc) is 3.56. The highest BCUT2D eigenvalue weighted by molar-refractivity contribution is 7.04. The van der Waals surface area contributed by atoms with Gasteiger partial charge in [0.25, 0.3) is 11.5 Å². The van der Waals surface area contributed by atoms with E-state index in [-0.39, 0.29) is 5.82 Å². The van der Waals surface area contributed by atoms with Crippen LogP contribution in [0, 0.1) is 5.82 Å². The number of anilines is 1. The van der Waals surface area contributed by atoms with E-state index in [0.717, 1.165) is 11.5 Å². The highest BCUT2D eigenvalue weighted by Gasteiger charge is 2.31. The molecule has 0 spiro atoms. The largest absolute Gasteiger partial charge is 0.501 e. The van der Waals surface area contributed by atoms with Crippen LogP contribution in [0.15, 0.2) is 47.0 Å². The second-order valence-corrected chi connectivity index (χ2v) is 9.42. The molecule has 0 aliphatic rings. The van der Waals surface area contributed by atoms with E-state index in [4.69, 9.17) is 16.3 Å². The minimum absolute atomic E-state index is 0.186. The Hall–Kier alpha value is -3.61. The molecular formula is C24H24ClFN6O4S. The first-order chi connectivity index (χ1) is 17.7. The molecule has 1 amide bonds. The highest BCUT2D eigenvalue weighted by Crippen LogP contribution is 2.40. The number of nitrogens with zero attached hydrogens (tertiary/aromatic N) is 5. The van der Waals surface area contributed by atoms with Gasteiger partial charge in [-0.05, 0) is 40.9 Å². The summed E-state index contributed by atoms with van der Waals surface area (Å²) in [5, 5.41) is 19.3. The number of nitrogens with one attached hydrogen (secondary N) is 1.